The van der Waals surface area contributed by atoms with Crippen molar-refractivity contribution in [2.75, 3.05) is 20.7 Å². The van der Waals surface area contributed by atoms with E-state index in [9.17, 15) is 0 Å². The summed E-state index contributed by atoms with van der Waals surface area (Å²) in [6.45, 7) is 1.14. The molecule has 0 aromatic carbocycles. The Morgan fingerprint density at radius 1 is 1.12 bits per heavy atom. The van der Waals surface area contributed by atoms with Crippen molar-refractivity contribution in [1.29, 1.82) is 0 Å². The number of nitrogens with two attached hydrogens (primary N) is 1. The van der Waals surface area contributed by atoms with Crippen LogP contribution in [0.4, 0.5) is 0 Å². The van der Waals surface area contributed by atoms with E-state index in [-0.39, 0.29) is 0 Å². The first kappa shape index (κ1) is 20.4. The van der Waals surface area contributed by atoms with Crippen LogP contribution in [-0.2, 0) is 11.2 Å². The van der Waals surface area contributed by atoms with Crippen molar-refractivity contribution in [3.05, 3.63) is 30.1 Å². The van der Waals surface area contributed by atoms with E-state index in [2.05, 4.69) is 27.4 Å². The number of methoxy groups -OCH3 is 1. The second-order valence-corrected chi connectivity index (χ2v) is 6.34. The van der Waals surface area contributed by atoms with Gasteiger partial charge in [-0.3, -0.25) is 10.7 Å². The molecule has 136 valence electrons. The van der Waals surface area contributed by atoms with Crippen molar-refractivity contribution < 1.29 is 9.73 Å². The largest absolute Gasteiger partial charge is 0.439 e. The minimum absolute atomic E-state index is 0.308. The summed E-state index contributed by atoms with van der Waals surface area (Å²) in [7, 11) is 3.62. The summed E-state index contributed by atoms with van der Waals surface area (Å²) in [5.74, 6) is 0. The Labute approximate surface area is 147 Å². The van der Waals surface area contributed by atoms with Gasteiger partial charge < -0.3 is 10.1 Å². The molecule has 0 saturated heterocycles. The predicted octanol–water partition coefficient (Wildman–Crippen LogP) is 1.37. The Bertz CT molecular complexity index is 436. The van der Waals surface area contributed by atoms with Gasteiger partial charge in [-0.05, 0) is 50.6 Å². The van der Waals surface area contributed by atoms with Crippen LogP contribution in [0.3, 0.4) is 0 Å². The number of nitrogens with one attached hydrogen (secondary N) is 2. The molecule has 0 saturated carbocycles. The van der Waals surface area contributed by atoms with Gasteiger partial charge in [0, 0.05) is 18.8 Å². The van der Waals surface area contributed by atoms with E-state index in [0.717, 1.165) is 19.4 Å². The molecule has 0 amide bonds. The predicted molar refractivity (Wildman–Crippen MR) is 99.8 cm³/mol. The van der Waals surface area contributed by atoms with Gasteiger partial charge in [0.25, 0.3) is 0 Å². The lowest BCUT2D eigenvalue weighted by atomic mass is 10.0. The van der Waals surface area contributed by atoms with Crippen molar-refractivity contribution in [2.24, 2.45) is 5.73 Å². The van der Waals surface area contributed by atoms with Crippen LogP contribution >= 0.6 is 0 Å². The molecule has 0 spiro atoms. The summed E-state index contributed by atoms with van der Waals surface area (Å²) in [5, 5.41) is 3.20. The molecule has 4 N–H and O–H groups in total. The Balaban J connectivity index is 2.25. The molecular weight excluding hydrogens is 300 g/mol. The molecule has 1 unspecified atom stereocenters. The smallest absolute Gasteiger partial charge is 0.435 e. The van der Waals surface area contributed by atoms with E-state index in [1.165, 1.54) is 50.5 Å². The highest BCUT2D eigenvalue weighted by atomic mass is 16.5. The lowest BCUT2D eigenvalue weighted by molar-refractivity contribution is -0.513. The molecule has 1 rings (SSSR count). The highest BCUT2D eigenvalue weighted by molar-refractivity contribution is 5.64. The summed E-state index contributed by atoms with van der Waals surface area (Å²) >= 11 is 0. The second kappa shape index (κ2) is 13.8. The minimum atomic E-state index is 0.308. The Morgan fingerprint density at radius 3 is 2.38 bits per heavy atom. The number of pyridine rings is 1. The van der Waals surface area contributed by atoms with Crippen LogP contribution in [0, 0.1) is 0 Å². The van der Waals surface area contributed by atoms with E-state index in [1.807, 2.05) is 19.4 Å². The normalized spacial score (nSPS) is 13.0. The minimum Gasteiger partial charge on any atom is -0.435 e. The first-order valence-electron chi connectivity index (χ1n) is 9.22. The molecular formula is C19H35N4O+. The van der Waals surface area contributed by atoms with Crippen LogP contribution in [-0.4, -0.2) is 37.7 Å². The third kappa shape index (κ3) is 10.2. The number of hydrogen-bond acceptors (Lipinski definition) is 3. The monoisotopic (exact) mass is 335 g/mol. The highest BCUT2D eigenvalue weighted by Gasteiger charge is 2.12. The van der Waals surface area contributed by atoms with Crippen LogP contribution in [0.25, 0.3) is 0 Å². The lowest BCUT2D eigenvalue weighted by Crippen LogP contribution is -2.82. The van der Waals surface area contributed by atoms with Crippen LogP contribution in [0.5, 0.6) is 0 Å². The molecule has 1 aromatic heterocycles. The standard InChI is InChI=1S/C19H34N4O/c1-21-13-9-7-5-3-4-6-8-10-18(23-19(20)24-2)16-17-11-14-22-15-12-17/h11-12,14-15,18,21H,3-10,13,16H2,1-2H3,(H2,20,23)/p+1. The molecule has 0 aliphatic heterocycles. The fourth-order valence-electron chi connectivity index (χ4n) is 2.87. The molecule has 5 nitrogen and oxygen atoms in total. The summed E-state index contributed by atoms with van der Waals surface area (Å²) in [6.07, 6.45) is 14.9. The summed E-state index contributed by atoms with van der Waals surface area (Å²) in [5.41, 5.74) is 7.08. The van der Waals surface area contributed by atoms with Crippen molar-refractivity contribution in [2.45, 2.75) is 63.8 Å². The zero-order valence-electron chi connectivity index (χ0n) is 15.4. The molecule has 1 atom stereocenters. The maximum atomic E-state index is 5.80. The number of ether oxygens (including phenoxy) is 1. The average molecular weight is 336 g/mol. The average Bonchev–Trinajstić information content (AvgIpc) is 2.61. The van der Waals surface area contributed by atoms with E-state index in [0.29, 0.717) is 12.1 Å². The van der Waals surface area contributed by atoms with Gasteiger partial charge in [0.2, 0.25) is 0 Å². The Hall–Kier alpha value is -1.62. The molecule has 0 bridgehead atoms. The van der Waals surface area contributed by atoms with Crippen molar-refractivity contribution in [1.82, 2.24) is 10.3 Å². The van der Waals surface area contributed by atoms with E-state index >= 15 is 0 Å². The van der Waals surface area contributed by atoms with Gasteiger partial charge in [-0.25, -0.2) is 4.99 Å². The van der Waals surface area contributed by atoms with Crippen LogP contribution in [0.15, 0.2) is 24.5 Å². The molecule has 0 fully saturated rings. The fourth-order valence-corrected chi connectivity index (χ4v) is 2.87. The molecule has 1 aromatic rings. The van der Waals surface area contributed by atoms with Gasteiger partial charge in [0.05, 0.1) is 7.11 Å². The van der Waals surface area contributed by atoms with Gasteiger partial charge in [-0.2, -0.15) is 0 Å². The van der Waals surface area contributed by atoms with Gasteiger partial charge in [-0.15, -0.1) is 0 Å². The zero-order chi connectivity index (χ0) is 17.5. The van der Waals surface area contributed by atoms with Crippen LogP contribution in [0.2, 0.25) is 0 Å². The molecule has 0 aliphatic rings. The van der Waals surface area contributed by atoms with E-state index in [4.69, 9.17) is 10.5 Å². The third-order valence-corrected chi connectivity index (χ3v) is 4.28. The quantitative estimate of drug-likeness (QED) is 0.289. The molecule has 5 heteroatoms. The van der Waals surface area contributed by atoms with Gasteiger partial charge in [0.1, 0.15) is 6.04 Å². The molecule has 1 heterocycles. The first-order valence-corrected chi connectivity index (χ1v) is 9.22. The number of amidine groups is 1. The molecule has 0 radical (unpaired) electrons. The second-order valence-electron chi connectivity index (χ2n) is 6.34. The zero-order valence-corrected chi connectivity index (χ0v) is 15.4. The third-order valence-electron chi connectivity index (χ3n) is 4.28. The van der Waals surface area contributed by atoms with Crippen LogP contribution in [0.1, 0.15) is 56.9 Å². The van der Waals surface area contributed by atoms with Gasteiger partial charge in [0.15, 0.2) is 0 Å². The summed E-state index contributed by atoms with van der Waals surface area (Å²) in [4.78, 5) is 7.36. The van der Waals surface area contributed by atoms with Crippen molar-refractivity contribution in [3.63, 3.8) is 0 Å². The van der Waals surface area contributed by atoms with Crippen LogP contribution < -0.4 is 16.0 Å². The number of aromatic nitrogens is 1. The maximum absolute atomic E-state index is 5.80. The summed E-state index contributed by atoms with van der Waals surface area (Å²) < 4.78 is 5.08. The molecule has 24 heavy (non-hydrogen) atoms. The topological polar surface area (TPSA) is 74.1 Å². The number of rotatable bonds is 13. The molecule has 0 aliphatic carbocycles. The van der Waals surface area contributed by atoms with E-state index in [1.54, 1.807) is 7.11 Å². The fraction of sp³-hybridized carbons (Fsp3) is 0.684. The number of nitrogens with zero attached hydrogens (tertiary/aromatic N) is 1. The Kier molecular flexibility index (Phi) is 11.7. The summed E-state index contributed by atoms with van der Waals surface area (Å²) in [6, 6.07) is 4.83. The number of unbranched alkanes of at least 4 members (excludes halogenated alkanes) is 6. The Morgan fingerprint density at radius 2 is 1.75 bits per heavy atom. The van der Waals surface area contributed by atoms with Crippen molar-refractivity contribution >= 4 is 6.02 Å². The first-order chi connectivity index (χ1) is 11.8. The highest BCUT2D eigenvalue weighted by Crippen LogP contribution is 2.10. The lowest BCUT2D eigenvalue weighted by Gasteiger charge is -2.11. The SMILES string of the molecule is CNCCCCCCCCCC(Cc1ccncc1)[NH+]=C(N)OC. The van der Waals surface area contributed by atoms with E-state index < -0.39 is 0 Å². The maximum Gasteiger partial charge on any atom is 0.439 e. The number of hydrogen-bond donors (Lipinski definition) is 3. The van der Waals surface area contributed by atoms with Gasteiger partial charge >= 0.3 is 6.02 Å². The van der Waals surface area contributed by atoms with Crippen molar-refractivity contribution in [3.8, 4) is 0 Å². The van der Waals surface area contributed by atoms with Gasteiger partial charge in [-0.1, -0.05) is 32.1 Å².